The Bertz CT molecular complexity index is 1600. The molecule has 0 spiro atoms. The molecule has 1 aromatic carbocycles. The number of nitrogens with zero attached hydrogens (tertiary/aromatic N) is 4. The fourth-order valence-electron chi connectivity index (χ4n) is 6.29. The fourth-order valence-corrected chi connectivity index (χ4v) is 6.29. The van der Waals surface area contributed by atoms with Crippen LogP contribution < -0.4 is 9.64 Å². The molecule has 2 aliphatic heterocycles. The number of hydrogen-bond donors (Lipinski definition) is 1. The highest BCUT2D eigenvalue weighted by molar-refractivity contribution is 5.89. The third kappa shape index (κ3) is 5.01. The lowest BCUT2D eigenvalue weighted by Crippen LogP contribution is -2.46. The number of para-hydroxylation sites is 1. The zero-order valence-electron chi connectivity index (χ0n) is 21.9. The lowest BCUT2D eigenvalue weighted by Gasteiger charge is -2.39. The van der Waals surface area contributed by atoms with Gasteiger partial charge < -0.3 is 24.0 Å². The van der Waals surface area contributed by atoms with Crippen LogP contribution in [0, 0.1) is 0 Å². The molecule has 1 N–H and O–H groups in total. The van der Waals surface area contributed by atoms with E-state index in [-0.39, 0.29) is 47.6 Å². The Kier molecular flexibility index (Phi) is 6.18. The van der Waals surface area contributed by atoms with Crippen molar-refractivity contribution in [3.8, 4) is 17.0 Å². The van der Waals surface area contributed by atoms with Gasteiger partial charge in [-0.05, 0) is 68.9 Å². The molecular weight excluding hydrogens is 541 g/mol. The van der Waals surface area contributed by atoms with Crippen molar-refractivity contribution in [2.45, 2.75) is 75.6 Å². The van der Waals surface area contributed by atoms with Crippen LogP contribution in [0.5, 0.6) is 5.75 Å². The maximum Gasteiger partial charge on any atom is 0.573 e. The summed E-state index contributed by atoms with van der Waals surface area (Å²) >= 11 is 0. The molecular formula is C29H27F3N4O5. The van der Waals surface area contributed by atoms with Gasteiger partial charge in [-0.2, -0.15) is 5.10 Å². The zero-order valence-corrected chi connectivity index (χ0v) is 21.9. The average Bonchev–Trinajstić information content (AvgIpc) is 3.44. The van der Waals surface area contributed by atoms with Gasteiger partial charge in [0, 0.05) is 35.3 Å². The van der Waals surface area contributed by atoms with Crippen LogP contribution in [0.3, 0.4) is 0 Å². The van der Waals surface area contributed by atoms with Crippen molar-refractivity contribution < 1.29 is 37.1 Å². The number of carboxylic acid groups (broad SMARTS) is 1. The second kappa shape index (κ2) is 9.79. The zero-order chi connectivity index (χ0) is 28.3. The number of hydrogen-bond acceptors (Lipinski definition) is 7. The summed E-state index contributed by atoms with van der Waals surface area (Å²) in [6, 6.07) is 11.8. The molecule has 12 heteroatoms. The van der Waals surface area contributed by atoms with Gasteiger partial charge in [-0.15, -0.1) is 13.2 Å². The highest BCUT2D eigenvalue weighted by atomic mass is 19.4. The highest BCUT2D eigenvalue weighted by Crippen LogP contribution is 2.46. The molecule has 3 atom stereocenters. The summed E-state index contributed by atoms with van der Waals surface area (Å²) in [4.78, 5) is 13.7. The summed E-state index contributed by atoms with van der Waals surface area (Å²) in [6.45, 7) is 0.181. The molecule has 1 unspecified atom stereocenters. The number of carbonyl (C=O) groups is 1. The number of carboxylic acids is 1. The molecule has 0 amide bonds. The Labute approximate surface area is 232 Å². The van der Waals surface area contributed by atoms with E-state index < -0.39 is 12.3 Å². The Morgan fingerprint density at radius 3 is 2.54 bits per heavy atom. The van der Waals surface area contributed by atoms with Crippen molar-refractivity contribution in [2.75, 3.05) is 4.90 Å². The van der Waals surface area contributed by atoms with Crippen LogP contribution in [0.4, 0.5) is 19.0 Å². The monoisotopic (exact) mass is 568 g/mol. The van der Waals surface area contributed by atoms with Gasteiger partial charge in [0.15, 0.2) is 0 Å². The van der Waals surface area contributed by atoms with Gasteiger partial charge in [-0.25, -0.2) is 9.31 Å². The number of aromatic nitrogens is 3. The van der Waals surface area contributed by atoms with Crippen LogP contribution in [0.2, 0.25) is 0 Å². The van der Waals surface area contributed by atoms with Crippen LogP contribution in [-0.4, -0.2) is 50.4 Å². The molecule has 214 valence electrons. The van der Waals surface area contributed by atoms with Crippen LogP contribution in [0.1, 0.15) is 66.1 Å². The van der Waals surface area contributed by atoms with E-state index in [4.69, 9.17) is 14.4 Å². The number of piperidine rings is 1. The molecule has 2 saturated heterocycles. The molecule has 41 heavy (non-hydrogen) atoms. The first-order valence-electron chi connectivity index (χ1n) is 13.7. The topological polar surface area (TPSA) is 102 Å². The van der Waals surface area contributed by atoms with E-state index in [1.165, 1.54) is 18.3 Å². The molecule has 3 fully saturated rings. The number of rotatable bonds is 8. The first-order valence-corrected chi connectivity index (χ1v) is 13.7. The minimum atomic E-state index is -4.83. The highest BCUT2D eigenvalue weighted by Gasteiger charge is 2.43. The van der Waals surface area contributed by atoms with Crippen molar-refractivity contribution >= 4 is 17.3 Å². The maximum atomic E-state index is 13.1. The summed E-state index contributed by atoms with van der Waals surface area (Å²) in [5, 5.41) is 18.2. The molecule has 1 aliphatic carbocycles. The van der Waals surface area contributed by atoms with E-state index in [2.05, 4.69) is 14.8 Å². The maximum absolute atomic E-state index is 13.1. The lowest BCUT2D eigenvalue weighted by atomic mass is 9.99. The van der Waals surface area contributed by atoms with E-state index in [1.54, 1.807) is 22.7 Å². The van der Waals surface area contributed by atoms with Crippen molar-refractivity contribution in [3.05, 3.63) is 65.5 Å². The van der Waals surface area contributed by atoms with Crippen molar-refractivity contribution in [1.29, 1.82) is 0 Å². The van der Waals surface area contributed by atoms with Crippen LogP contribution in [0.25, 0.3) is 16.8 Å². The third-order valence-corrected chi connectivity index (χ3v) is 8.24. The molecule has 3 aromatic heterocycles. The number of benzene rings is 1. The first kappa shape index (κ1) is 25.9. The largest absolute Gasteiger partial charge is 0.573 e. The lowest BCUT2D eigenvalue weighted by molar-refractivity contribution is -0.274. The Hall–Kier alpha value is -4.06. The number of anilines is 1. The van der Waals surface area contributed by atoms with E-state index in [1.807, 2.05) is 12.1 Å². The summed E-state index contributed by atoms with van der Waals surface area (Å²) in [6.07, 6.45) is 2.05. The van der Waals surface area contributed by atoms with E-state index in [0.29, 0.717) is 17.0 Å². The molecule has 7 rings (SSSR count). The van der Waals surface area contributed by atoms with Gasteiger partial charge in [0.25, 0.3) is 0 Å². The number of ether oxygens (including phenoxy) is 2. The third-order valence-electron chi connectivity index (χ3n) is 8.24. The van der Waals surface area contributed by atoms with Gasteiger partial charge in [0.2, 0.25) is 0 Å². The summed E-state index contributed by atoms with van der Waals surface area (Å²) in [7, 11) is 0. The van der Waals surface area contributed by atoms with Crippen LogP contribution in [-0.2, 0) is 11.3 Å². The molecule has 3 aliphatic rings. The normalized spacial score (nSPS) is 22.4. The predicted octanol–water partition coefficient (Wildman–Crippen LogP) is 6.18. The number of aromatic carboxylic acids is 1. The molecule has 5 heterocycles. The Morgan fingerprint density at radius 1 is 1.07 bits per heavy atom. The molecule has 9 nitrogen and oxygen atoms in total. The average molecular weight is 569 g/mol. The van der Waals surface area contributed by atoms with Gasteiger partial charge in [-0.1, -0.05) is 17.3 Å². The number of halogens is 3. The molecule has 1 saturated carbocycles. The smallest absolute Gasteiger partial charge is 0.478 e. The van der Waals surface area contributed by atoms with Gasteiger partial charge >= 0.3 is 12.3 Å². The van der Waals surface area contributed by atoms with Crippen molar-refractivity contribution in [1.82, 2.24) is 14.8 Å². The molecule has 4 aromatic rings. The predicted molar refractivity (Wildman–Crippen MR) is 140 cm³/mol. The summed E-state index contributed by atoms with van der Waals surface area (Å²) < 4.78 is 57.3. The van der Waals surface area contributed by atoms with Gasteiger partial charge in [-0.3, -0.25) is 0 Å². The van der Waals surface area contributed by atoms with Gasteiger partial charge in [0.1, 0.15) is 23.0 Å². The van der Waals surface area contributed by atoms with E-state index in [9.17, 15) is 23.1 Å². The molecule has 2 bridgehead atoms. The van der Waals surface area contributed by atoms with Crippen LogP contribution in [0.15, 0.2) is 53.2 Å². The quantitative estimate of drug-likeness (QED) is 0.269. The van der Waals surface area contributed by atoms with E-state index in [0.717, 1.165) is 49.9 Å². The number of alkyl halides is 3. The minimum Gasteiger partial charge on any atom is -0.478 e. The first-order chi connectivity index (χ1) is 19.7. The van der Waals surface area contributed by atoms with Crippen LogP contribution >= 0.6 is 0 Å². The molecule has 0 radical (unpaired) electrons. The van der Waals surface area contributed by atoms with Crippen molar-refractivity contribution in [3.63, 3.8) is 0 Å². The SMILES string of the molecule is O=C(O)c1cc2ccc(N3[C@@H]4CC[C@H]3CC(OCc3c(-c5ccccc5OC(F)(F)F)noc3C3CC3)C4)nn2c1. The fraction of sp³-hybridized carbons (Fsp3) is 0.414. The second-order valence-electron chi connectivity index (χ2n) is 11.0. The van der Waals surface area contributed by atoms with Gasteiger partial charge in [0.05, 0.1) is 23.8 Å². The second-order valence-corrected chi connectivity index (χ2v) is 11.0. The number of fused-ring (bicyclic) bond motifs is 3. The van der Waals surface area contributed by atoms with Crippen molar-refractivity contribution in [2.24, 2.45) is 0 Å². The Morgan fingerprint density at radius 2 is 1.83 bits per heavy atom. The summed E-state index contributed by atoms with van der Waals surface area (Å²) in [5.41, 5.74) is 2.11. The Balaban J connectivity index is 1.09. The summed E-state index contributed by atoms with van der Waals surface area (Å²) in [5.74, 6) is 0.347. The standard InChI is InChI=1S/C29H27F3N4O5/c30-29(31,32)40-24-4-2-1-3-22(24)26-23(27(41-34-26)16-5-6-16)15-39-21-12-19-7-8-20(13-21)36(19)25-10-9-18-11-17(28(37)38)14-35(18)33-25/h1-4,9-11,14,16,19-21H,5-8,12-13,15H2,(H,37,38)/t19-,20+,21?. The minimum absolute atomic E-state index is 0.0471. The van der Waals surface area contributed by atoms with E-state index >= 15 is 0 Å².